The zero-order valence-electron chi connectivity index (χ0n) is 10.9. The summed E-state index contributed by atoms with van der Waals surface area (Å²) in [6.45, 7) is 3.93. The van der Waals surface area contributed by atoms with Gasteiger partial charge >= 0.3 is 0 Å². The lowest BCUT2D eigenvalue weighted by atomic mass is 10.0. The molecule has 0 spiro atoms. The molecule has 0 radical (unpaired) electrons. The second kappa shape index (κ2) is 6.54. The molecule has 19 heavy (non-hydrogen) atoms. The molecule has 0 aliphatic carbocycles. The molecule has 0 atom stereocenters. The number of hydrogen-bond acceptors (Lipinski definition) is 4. The molecule has 0 aliphatic rings. The maximum atomic E-state index is 9.29. The van der Waals surface area contributed by atoms with Crippen LogP contribution in [0.2, 0.25) is 0 Å². The van der Waals surface area contributed by atoms with Crippen LogP contribution in [0, 0.1) is 0 Å². The van der Waals surface area contributed by atoms with Crippen LogP contribution in [0.1, 0.15) is 25.3 Å². The fourth-order valence-electron chi connectivity index (χ4n) is 1.46. The van der Waals surface area contributed by atoms with E-state index in [1.807, 2.05) is 13.8 Å². The van der Waals surface area contributed by atoms with Crippen molar-refractivity contribution in [2.45, 2.75) is 19.8 Å². The van der Waals surface area contributed by atoms with Gasteiger partial charge in [0, 0.05) is 5.56 Å². The number of hydrogen-bond donors (Lipinski definition) is 4. The quantitative estimate of drug-likeness (QED) is 0.594. The van der Waals surface area contributed by atoms with Crippen molar-refractivity contribution in [2.75, 3.05) is 0 Å². The molecule has 0 aliphatic heterocycles. The molecule has 0 saturated carbocycles. The lowest BCUT2D eigenvalue weighted by Crippen LogP contribution is -1.86. The molecule has 2 aromatic rings. The van der Waals surface area contributed by atoms with E-state index in [-0.39, 0.29) is 28.9 Å². The zero-order valence-corrected chi connectivity index (χ0v) is 10.9. The first-order valence-electron chi connectivity index (χ1n) is 5.90. The highest BCUT2D eigenvalue weighted by molar-refractivity contribution is 5.40. The minimum absolute atomic E-state index is 0.169. The van der Waals surface area contributed by atoms with E-state index >= 15 is 0 Å². The van der Waals surface area contributed by atoms with E-state index in [0.717, 1.165) is 5.56 Å². The van der Waals surface area contributed by atoms with Crippen LogP contribution in [-0.2, 0) is 0 Å². The minimum atomic E-state index is 0.169. The normalized spacial score (nSPS) is 9.84. The molecule has 0 fully saturated rings. The van der Waals surface area contributed by atoms with Crippen LogP contribution in [0.15, 0.2) is 42.5 Å². The Balaban J connectivity index is 0.000000200. The van der Waals surface area contributed by atoms with Crippen molar-refractivity contribution >= 4 is 0 Å². The summed E-state index contributed by atoms with van der Waals surface area (Å²) in [4.78, 5) is 0. The van der Waals surface area contributed by atoms with Gasteiger partial charge in [-0.1, -0.05) is 13.8 Å². The summed E-state index contributed by atoms with van der Waals surface area (Å²) in [5.74, 6) is 1.03. The van der Waals surface area contributed by atoms with E-state index in [9.17, 15) is 5.11 Å². The summed E-state index contributed by atoms with van der Waals surface area (Å²) in [6, 6.07) is 10.3. The van der Waals surface area contributed by atoms with Crippen molar-refractivity contribution < 1.29 is 20.4 Å². The van der Waals surface area contributed by atoms with Gasteiger partial charge in [0.2, 0.25) is 0 Å². The smallest absolute Gasteiger partial charge is 0.119 e. The Kier molecular flexibility index (Phi) is 5.06. The summed E-state index contributed by atoms with van der Waals surface area (Å²) in [6.07, 6.45) is 0. The van der Waals surface area contributed by atoms with Crippen molar-refractivity contribution in [1.29, 1.82) is 0 Å². The van der Waals surface area contributed by atoms with Gasteiger partial charge in [0.25, 0.3) is 0 Å². The van der Waals surface area contributed by atoms with Crippen LogP contribution >= 0.6 is 0 Å². The summed E-state index contributed by atoms with van der Waals surface area (Å²) in [5.41, 5.74) is 0.782. The maximum Gasteiger partial charge on any atom is 0.119 e. The second-order valence-electron chi connectivity index (χ2n) is 4.41. The van der Waals surface area contributed by atoms with Crippen molar-refractivity contribution in [3.63, 3.8) is 0 Å². The van der Waals surface area contributed by atoms with Crippen LogP contribution < -0.4 is 0 Å². The molecular formula is C15H18O4. The van der Waals surface area contributed by atoms with Crippen molar-refractivity contribution in [3.8, 4) is 23.0 Å². The number of benzene rings is 2. The molecule has 2 aromatic carbocycles. The molecule has 102 valence electrons. The van der Waals surface area contributed by atoms with Gasteiger partial charge in [0.05, 0.1) is 0 Å². The molecular weight excluding hydrogens is 244 g/mol. The molecule has 4 N–H and O–H groups in total. The third kappa shape index (κ3) is 4.79. The van der Waals surface area contributed by atoms with E-state index in [1.165, 1.54) is 36.4 Å². The highest BCUT2D eigenvalue weighted by Gasteiger charge is 2.05. The highest BCUT2D eigenvalue weighted by Crippen LogP contribution is 2.28. The number of phenolic OH excluding ortho intramolecular Hbond substituents is 4. The number of aromatic hydroxyl groups is 4. The van der Waals surface area contributed by atoms with E-state index in [0.29, 0.717) is 0 Å². The van der Waals surface area contributed by atoms with E-state index in [4.69, 9.17) is 15.3 Å². The zero-order chi connectivity index (χ0) is 14.4. The van der Waals surface area contributed by atoms with Crippen molar-refractivity contribution in [1.82, 2.24) is 0 Å². The molecule has 2 rings (SSSR count). The van der Waals surface area contributed by atoms with Gasteiger partial charge in [-0.15, -0.1) is 0 Å². The first kappa shape index (κ1) is 14.7. The van der Waals surface area contributed by atoms with Crippen molar-refractivity contribution in [3.05, 3.63) is 48.0 Å². The average molecular weight is 262 g/mol. The Hall–Kier alpha value is -2.36. The monoisotopic (exact) mass is 262 g/mol. The predicted molar refractivity (Wildman–Crippen MR) is 73.6 cm³/mol. The molecule has 0 unspecified atom stereocenters. The molecule has 0 aromatic heterocycles. The Morgan fingerprint density at radius 1 is 0.684 bits per heavy atom. The molecule has 4 nitrogen and oxygen atoms in total. The molecule has 0 saturated heterocycles. The van der Waals surface area contributed by atoms with Gasteiger partial charge in [-0.05, 0) is 48.4 Å². The Bertz CT molecular complexity index is 497. The summed E-state index contributed by atoms with van der Waals surface area (Å²) in [5, 5.41) is 35.7. The Morgan fingerprint density at radius 3 is 1.47 bits per heavy atom. The van der Waals surface area contributed by atoms with Gasteiger partial charge in [0.1, 0.15) is 23.0 Å². The van der Waals surface area contributed by atoms with Crippen LogP contribution in [0.3, 0.4) is 0 Å². The standard InChI is InChI=1S/C9H12O2.C6H6O2/c1-6(2)8-5-7(10)3-4-9(8)11;7-5-1-2-6(8)4-3-5/h3-6,10-11H,1-2H3;1-4,7-8H. The fourth-order valence-corrected chi connectivity index (χ4v) is 1.46. The average Bonchev–Trinajstić information content (AvgIpc) is 2.36. The van der Waals surface area contributed by atoms with Crippen LogP contribution in [0.5, 0.6) is 23.0 Å². The largest absolute Gasteiger partial charge is 0.508 e. The van der Waals surface area contributed by atoms with Gasteiger partial charge in [-0.2, -0.15) is 0 Å². The summed E-state index contributed by atoms with van der Waals surface area (Å²) < 4.78 is 0. The van der Waals surface area contributed by atoms with Gasteiger partial charge in [0.15, 0.2) is 0 Å². The lowest BCUT2D eigenvalue weighted by molar-refractivity contribution is 0.451. The van der Waals surface area contributed by atoms with Gasteiger partial charge in [-0.25, -0.2) is 0 Å². The third-order valence-corrected chi connectivity index (χ3v) is 2.48. The van der Waals surface area contributed by atoms with E-state index in [2.05, 4.69) is 0 Å². The van der Waals surface area contributed by atoms with Crippen LogP contribution in [0.25, 0.3) is 0 Å². The first-order valence-corrected chi connectivity index (χ1v) is 5.90. The first-order chi connectivity index (χ1) is 8.90. The van der Waals surface area contributed by atoms with Crippen LogP contribution in [0.4, 0.5) is 0 Å². The maximum absolute atomic E-state index is 9.29. The fraction of sp³-hybridized carbons (Fsp3) is 0.200. The summed E-state index contributed by atoms with van der Waals surface area (Å²) >= 11 is 0. The van der Waals surface area contributed by atoms with Crippen LogP contribution in [-0.4, -0.2) is 20.4 Å². The molecule has 0 amide bonds. The highest BCUT2D eigenvalue weighted by atomic mass is 16.3. The van der Waals surface area contributed by atoms with Gasteiger partial charge < -0.3 is 20.4 Å². The summed E-state index contributed by atoms with van der Waals surface area (Å²) in [7, 11) is 0. The Labute approximate surface area is 112 Å². The third-order valence-electron chi connectivity index (χ3n) is 2.48. The SMILES string of the molecule is CC(C)c1cc(O)ccc1O.Oc1ccc(O)cc1. The Morgan fingerprint density at radius 2 is 1.11 bits per heavy atom. The lowest BCUT2D eigenvalue weighted by Gasteiger charge is -2.07. The van der Waals surface area contributed by atoms with E-state index < -0.39 is 0 Å². The molecule has 0 bridgehead atoms. The minimum Gasteiger partial charge on any atom is -0.508 e. The number of rotatable bonds is 1. The second-order valence-corrected chi connectivity index (χ2v) is 4.41. The predicted octanol–water partition coefficient (Wildman–Crippen LogP) is 3.32. The molecule has 4 heteroatoms. The topological polar surface area (TPSA) is 80.9 Å². The number of phenols is 4. The van der Waals surface area contributed by atoms with Crippen molar-refractivity contribution in [2.24, 2.45) is 0 Å². The van der Waals surface area contributed by atoms with E-state index in [1.54, 1.807) is 6.07 Å². The van der Waals surface area contributed by atoms with Gasteiger partial charge in [-0.3, -0.25) is 0 Å². The molecule has 0 heterocycles.